The van der Waals surface area contributed by atoms with Crippen molar-refractivity contribution in [3.8, 4) is 17.1 Å². The van der Waals surface area contributed by atoms with Gasteiger partial charge in [0.2, 0.25) is 11.7 Å². The van der Waals surface area contributed by atoms with Crippen molar-refractivity contribution in [1.29, 1.82) is 0 Å². The van der Waals surface area contributed by atoms with Gasteiger partial charge in [0.05, 0.1) is 19.3 Å². The van der Waals surface area contributed by atoms with Gasteiger partial charge in [-0.1, -0.05) is 12.1 Å². The van der Waals surface area contributed by atoms with Gasteiger partial charge in [0, 0.05) is 18.7 Å². The number of benzene rings is 1. The number of hydrogen-bond donors (Lipinski definition) is 1. The van der Waals surface area contributed by atoms with E-state index in [1.165, 1.54) is 0 Å². The summed E-state index contributed by atoms with van der Waals surface area (Å²) >= 11 is 0. The zero-order chi connectivity index (χ0) is 14.9. The first-order valence-electron chi connectivity index (χ1n) is 7.03. The summed E-state index contributed by atoms with van der Waals surface area (Å²) < 4.78 is 10.4. The lowest BCUT2D eigenvalue weighted by Gasteiger charge is -2.45. The van der Waals surface area contributed by atoms with Gasteiger partial charge in [-0.15, -0.1) is 0 Å². The summed E-state index contributed by atoms with van der Waals surface area (Å²) in [5, 5.41) is 14.0. The summed E-state index contributed by atoms with van der Waals surface area (Å²) in [5.41, 5.74) is 0.346. The largest absolute Gasteiger partial charge is 0.497 e. The fourth-order valence-corrected chi connectivity index (χ4v) is 2.49. The molecule has 21 heavy (non-hydrogen) atoms. The molecule has 2 aromatic rings. The van der Waals surface area contributed by atoms with E-state index in [0.717, 1.165) is 17.7 Å². The number of nitrogens with zero attached hydrogens (tertiary/aromatic N) is 3. The molecule has 1 fully saturated rings. The van der Waals surface area contributed by atoms with Crippen LogP contribution in [0.4, 0.5) is 0 Å². The molecule has 0 atom stereocenters. The topological polar surface area (TPSA) is 71.6 Å². The van der Waals surface area contributed by atoms with Crippen LogP contribution in [-0.4, -0.2) is 45.9 Å². The molecule has 112 valence electrons. The van der Waals surface area contributed by atoms with Crippen LogP contribution in [0.25, 0.3) is 11.4 Å². The Hall–Kier alpha value is -1.92. The van der Waals surface area contributed by atoms with Crippen LogP contribution in [0.2, 0.25) is 0 Å². The van der Waals surface area contributed by atoms with Gasteiger partial charge in [-0.2, -0.15) is 4.98 Å². The lowest BCUT2D eigenvalue weighted by atomic mass is 9.91. The van der Waals surface area contributed by atoms with Crippen LogP contribution < -0.4 is 4.74 Å². The van der Waals surface area contributed by atoms with Crippen LogP contribution in [0.15, 0.2) is 28.8 Å². The van der Waals surface area contributed by atoms with Gasteiger partial charge in [0.25, 0.3) is 0 Å². The van der Waals surface area contributed by atoms with E-state index < -0.39 is 5.60 Å². The number of rotatable bonds is 5. The van der Waals surface area contributed by atoms with Crippen molar-refractivity contribution in [3.63, 3.8) is 0 Å². The van der Waals surface area contributed by atoms with Crippen LogP contribution >= 0.6 is 0 Å². The Morgan fingerprint density at radius 2 is 2.05 bits per heavy atom. The highest BCUT2D eigenvalue weighted by Crippen LogP contribution is 2.26. The predicted molar refractivity (Wildman–Crippen MR) is 76.8 cm³/mol. The third-order valence-electron chi connectivity index (χ3n) is 3.87. The molecule has 0 bridgehead atoms. The van der Waals surface area contributed by atoms with Crippen LogP contribution in [-0.2, 0) is 6.54 Å². The summed E-state index contributed by atoms with van der Waals surface area (Å²) in [5.74, 6) is 1.93. The second kappa shape index (κ2) is 5.46. The zero-order valence-corrected chi connectivity index (χ0v) is 12.2. The first-order valence-corrected chi connectivity index (χ1v) is 7.03. The van der Waals surface area contributed by atoms with Gasteiger partial charge < -0.3 is 14.4 Å². The van der Waals surface area contributed by atoms with E-state index in [4.69, 9.17) is 9.26 Å². The zero-order valence-electron chi connectivity index (χ0n) is 12.2. The molecule has 1 saturated heterocycles. The van der Waals surface area contributed by atoms with Crippen molar-refractivity contribution < 1.29 is 14.4 Å². The van der Waals surface area contributed by atoms with Gasteiger partial charge in [0.1, 0.15) is 5.75 Å². The molecule has 6 heteroatoms. The maximum atomic E-state index is 9.98. The lowest BCUT2D eigenvalue weighted by molar-refractivity contribution is -0.106. The SMILES string of the molecule is CCC1(O)CN(Cc2nc(-c3ccc(OC)cc3)no2)C1. The molecule has 1 aliphatic heterocycles. The van der Waals surface area contributed by atoms with Crippen molar-refractivity contribution in [2.24, 2.45) is 0 Å². The van der Waals surface area contributed by atoms with Gasteiger partial charge in [-0.05, 0) is 30.7 Å². The third kappa shape index (κ3) is 2.91. The van der Waals surface area contributed by atoms with Crippen LogP contribution in [0, 0.1) is 0 Å². The van der Waals surface area contributed by atoms with E-state index in [9.17, 15) is 5.11 Å². The van der Waals surface area contributed by atoms with E-state index >= 15 is 0 Å². The molecule has 0 radical (unpaired) electrons. The quantitative estimate of drug-likeness (QED) is 0.903. The van der Waals surface area contributed by atoms with Crippen molar-refractivity contribution >= 4 is 0 Å². The van der Waals surface area contributed by atoms with Crippen molar-refractivity contribution in [2.45, 2.75) is 25.5 Å². The second-order valence-corrected chi connectivity index (χ2v) is 5.46. The average Bonchev–Trinajstić information content (AvgIpc) is 2.94. The second-order valence-electron chi connectivity index (χ2n) is 5.46. The first kappa shape index (κ1) is 14.0. The summed E-state index contributed by atoms with van der Waals surface area (Å²) in [6.07, 6.45) is 0.768. The molecule has 1 N–H and O–H groups in total. The van der Waals surface area contributed by atoms with Gasteiger partial charge in [0.15, 0.2) is 0 Å². The minimum atomic E-state index is -0.543. The summed E-state index contributed by atoms with van der Waals surface area (Å²) in [4.78, 5) is 6.48. The normalized spacial score (nSPS) is 17.5. The Morgan fingerprint density at radius 1 is 1.33 bits per heavy atom. The van der Waals surface area contributed by atoms with E-state index in [1.807, 2.05) is 31.2 Å². The molecular weight excluding hydrogens is 270 g/mol. The smallest absolute Gasteiger partial charge is 0.241 e. The van der Waals surface area contributed by atoms with Crippen LogP contribution in [0.5, 0.6) is 5.75 Å². The summed E-state index contributed by atoms with van der Waals surface area (Å²) in [6, 6.07) is 7.52. The maximum absolute atomic E-state index is 9.98. The Kier molecular flexibility index (Phi) is 3.65. The number of β-amino-alcohol motifs (C(OH)–C–C–N with tert-alkyl or cyclic N) is 1. The Bertz CT molecular complexity index is 603. The van der Waals surface area contributed by atoms with E-state index in [1.54, 1.807) is 7.11 Å². The molecule has 0 amide bonds. The van der Waals surface area contributed by atoms with E-state index in [2.05, 4.69) is 15.0 Å². The van der Waals surface area contributed by atoms with Crippen molar-refractivity contribution in [1.82, 2.24) is 15.0 Å². The Labute approximate surface area is 123 Å². The Balaban J connectivity index is 1.64. The molecule has 1 aromatic carbocycles. The number of aliphatic hydroxyl groups is 1. The number of ether oxygens (including phenoxy) is 1. The molecule has 1 aromatic heterocycles. The number of methoxy groups -OCH3 is 1. The van der Waals surface area contributed by atoms with E-state index in [-0.39, 0.29) is 0 Å². The molecule has 0 unspecified atom stereocenters. The van der Waals surface area contributed by atoms with E-state index in [0.29, 0.717) is 31.3 Å². The fraction of sp³-hybridized carbons (Fsp3) is 0.467. The number of aromatic nitrogens is 2. The van der Waals surface area contributed by atoms with Crippen molar-refractivity contribution in [2.75, 3.05) is 20.2 Å². The highest BCUT2D eigenvalue weighted by Gasteiger charge is 2.39. The number of likely N-dealkylation sites (tertiary alicyclic amines) is 1. The standard InChI is InChI=1S/C15H19N3O3/c1-3-15(19)9-18(10-15)8-13-16-14(17-21-13)11-4-6-12(20-2)7-5-11/h4-7,19H,3,8-10H2,1-2H3. The van der Waals surface area contributed by atoms with Crippen molar-refractivity contribution in [3.05, 3.63) is 30.2 Å². The maximum Gasteiger partial charge on any atom is 0.241 e. The molecular formula is C15H19N3O3. The van der Waals surface area contributed by atoms with Crippen LogP contribution in [0.3, 0.4) is 0 Å². The molecule has 0 spiro atoms. The summed E-state index contributed by atoms with van der Waals surface area (Å²) in [6.45, 7) is 3.88. The molecule has 6 nitrogen and oxygen atoms in total. The summed E-state index contributed by atoms with van der Waals surface area (Å²) in [7, 11) is 1.63. The highest BCUT2D eigenvalue weighted by molar-refractivity contribution is 5.55. The molecule has 1 aliphatic rings. The molecule has 2 heterocycles. The van der Waals surface area contributed by atoms with Gasteiger partial charge >= 0.3 is 0 Å². The number of hydrogen-bond acceptors (Lipinski definition) is 6. The minimum absolute atomic E-state index is 0.543. The predicted octanol–water partition coefficient (Wildman–Crippen LogP) is 1.70. The van der Waals surface area contributed by atoms with Gasteiger partial charge in [-0.25, -0.2) is 0 Å². The van der Waals surface area contributed by atoms with Gasteiger partial charge in [-0.3, -0.25) is 4.90 Å². The lowest BCUT2D eigenvalue weighted by Crippen LogP contribution is -2.60. The molecule has 0 saturated carbocycles. The first-order chi connectivity index (χ1) is 10.1. The monoisotopic (exact) mass is 289 g/mol. The Morgan fingerprint density at radius 3 is 2.67 bits per heavy atom. The fourth-order valence-electron chi connectivity index (χ4n) is 2.49. The average molecular weight is 289 g/mol. The van der Waals surface area contributed by atoms with Crippen LogP contribution in [0.1, 0.15) is 19.2 Å². The minimum Gasteiger partial charge on any atom is -0.497 e. The molecule has 3 rings (SSSR count). The molecule has 0 aliphatic carbocycles. The highest BCUT2D eigenvalue weighted by atomic mass is 16.5. The third-order valence-corrected chi connectivity index (χ3v) is 3.87.